The second-order valence-electron chi connectivity index (χ2n) is 4.49. The molecule has 0 saturated heterocycles. The summed E-state index contributed by atoms with van der Waals surface area (Å²) in [6.07, 6.45) is -2.73. The van der Waals surface area contributed by atoms with Crippen LogP contribution in [-0.4, -0.2) is 29.6 Å². The fourth-order valence-corrected chi connectivity index (χ4v) is 1.84. The number of hydrogen-bond donors (Lipinski definition) is 2. The maximum Gasteiger partial charge on any atom is 0.401 e. The monoisotopic (exact) mass is 277 g/mol. The number of alkyl halides is 3. The van der Waals surface area contributed by atoms with Gasteiger partial charge in [-0.2, -0.15) is 13.2 Å². The third kappa shape index (κ3) is 3.97. The highest BCUT2D eigenvalue weighted by molar-refractivity contribution is 5.90. The third-order valence-electron chi connectivity index (χ3n) is 2.82. The third-order valence-corrected chi connectivity index (χ3v) is 2.82. The molecule has 106 valence electrons. The molecule has 1 amide bonds. The maximum absolute atomic E-state index is 12.4. The molecule has 1 aromatic rings. The van der Waals surface area contributed by atoms with Crippen molar-refractivity contribution in [2.75, 3.05) is 6.54 Å². The smallest absolute Gasteiger partial charge is 0.401 e. The number of carbonyl (C=O) groups excluding carboxylic acids is 1. The number of rotatable bonds is 5. The lowest BCUT2D eigenvalue weighted by molar-refractivity contribution is -0.148. The average molecular weight is 277 g/mol. The van der Waals surface area contributed by atoms with E-state index < -0.39 is 18.6 Å². The van der Waals surface area contributed by atoms with Crippen molar-refractivity contribution < 1.29 is 22.4 Å². The Morgan fingerprint density at radius 1 is 1.47 bits per heavy atom. The van der Waals surface area contributed by atoms with Gasteiger partial charge in [0.25, 0.3) is 0 Å². The molecule has 0 unspecified atom stereocenters. The number of nitrogens with zero attached hydrogens (tertiary/aromatic N) is 1. The molecule has 1 aliphatic rings. The van der Waals surface area contributed by atoms with Gasteiger partial charge in [0, 0.05) is 6.04 Å². The summed E-state index contributed by atoms with van der Waals surface area (Å²) in [5.41, 5.74) is 1.89. The molecule has 0 aliphatic heterocycles. The van der Waals surface area contributed by atoms with Crippen molar-refractivity contribution in [3.05, 3.63) is 23.7 Å². The molecule has 19 heavy (non-hydrogen) atoms. The van der Waals surface area contributed by atoms with Gasteiger partial charge in [-0.15, -0.1) is 0 Å². The number of nitrogens with one attached hydrogen (secondary N) is 1. The number of hydrogen-bond acceptors (Lipinski definition) is 4. The SMILES string of the molecule is NNC(=O)c1ccc(CN(CC(F)(F)F)C2CC2)o1. The van der Waals surface area contributed by atoms with Crippen molar-refractivity contribution in [1.29, 1.82) is 0 Å². The quantitative estimate of drug-likeness (QED) is 0.485. The summed E-state index contributed by atoms with van der Waals surface area (Å²) in [4.78, 5) is 12.5. The Labute approximate surface area is 107 Å². The first-order chi connectivity index (χ1) is 8.89. The first-order valence-corrected chi connectivity index (χ1v) is 5.79. The van der Waals surface area contributed by atoms with Crippen LogP contribution in [0.2, 0.25) is 0 Å². The fraction of sp³-hybridized carbons (Fsp3) is 0.545. The number of amides is 1. The number of halogens is 3. The number of nitrogen functional groups attached to an aromatic ring is 1. The summed E-state index contributed by atoms with van der Waals surface area (Å²) in [5.74, 6) is 4.63. The topological polar surface area (TPSA) is 71.5 Å². The Hall–Kier alpha value is -1.54. The number of furan rings is 1. The average Bonchev–Trinajstić information content (AvgIpc) is 3.07. The molecule has 0 atom stereocenters. The molecular formula is C11H14F3N3O2. The van der Waals surface area contributed by atoms with Crippen LogP contribution in [0, 0.1) is 0 Å². The molecule has 0 aromatic carbocycles. The van der Waals surface area contributed by atoms with E-state index in [1.54, 1.807) is 0 Å². The maximum atomic E-state index is 12.4. The normalized spacial score (nSPS) is 15.8. The minimum atomic E-state index is -4.24. The van der Waals surface area contributed by atoms with Gasteiger partial charge in [0.15, 0.2) is 5.76 Å². The van der Waals surface area contributed by atoms with Crippen molar-refractivity contribution >= 4 is 5.91 Å². The van der Waals surface area contributed by atoms with Crippen LogP contribution >= 0.6 is 0 Å². The Bertz CT molecular complexity index is 454. The van der Waals surface area contributed by atoms with Crippen LogP contribution in [0.15, 0.2) is 16.5 Å². The Morgan fingerprint density at radius 3 is 2.68 bits per heavy atom. The van der Waals surface area contributed by atoms with E-state index in [9.17, 15) is 18.0 Å². The number of hydrazine groups is 1. The molecule has 1 aromatic heterocycles. The molecule has 1 fully saturated rings. The molecule has 0 radical (unpaired) electrons. The second-order valence-corrected chi connectivity index (χ2v) is 4.49. The fourth-order valence-electron chi connectivity index (χ4n) is 1.84. The van der Waals surface area contributed by atoms with Gasteiger partial charge >= 0.3 is 12.1 Å². The summed E-state index contributed by atoms with van der Waals surface area (Å²) in [7, 11) is 0. The minimum Gasteiger partial charge on any atom is -0.455 e. The highest BCUT2D eigenvalue weighted by Gasteiger charge is 2.38. The lowest BCUT2D eigenvalue weighted by atomic mass is 10.3. The van der Waals surface area contributed by atoms with Gasteiger partial charge in [-0.3, -0.25) is 15.1 Å². The van der Waals surface area contributed by atoms with E-state index in [1.807, 2.05) is 5.43 Å². The van der Waals surface area contributed by atoms with E-state index in [2.05, 4.69) is 0 Å². The van der Waals surface area contributed by atoms with Crippen molar-refractivity contribution in [3.8, 4) is 0 Å². The zero-order chi connectivity index (χ0) is 14.0. The standard InChI is InChI=1S/C11H14F3N3O2/c12-11(13,14)6-17(7-1-2-7)5-8-3-4-9(19-8)10(18)16-15/h3-4,7H,1-2,5-6,15H2,(H,16,18). The van der Waals surface area contributed by atoms with Gasteiger partial charge in [0.05, 0.1) is 13.1 Å². The summed E-state index contributed by atoms with van der Waals surface area (Å²) in [6, 6.07) is 2.81. The Kier molecular flexibility index (Phi) is 3.81. The van der Waals surface area contributed by atoms with E-state index in [0.29, 0.717) is 5.76 Å². The van der Waals surface area contributed by atoms with E-state index in [1.165, 1.54) is 17.0 Å². The zero-order valence-corrected chi connectivity index (χ0v) is 10.0. The molecule has 0 spiro atoms. The number of carbonyl (C=O) groups is 1. The summed E-state index contributed by atoms with van der Waals surface area (Å²) < 4.78 is 42.5. The van der Waals surface area contributed by atoms with Crippen LogP contribution in [0.4, 0.5) is 13.2 Å². The highest BCUT2D eigenvalue weighted by atomic mass is 19.4. The van der Waals surface area contributed by atoms with Crippen molar-refractivity contribution in [2.45, 2.75) is 31.6 Å². The predicted octanol–water partition coefficient (Wildman–Crippen LogP) is 1.41. The van der Waals surface area contributed by atoms with E-state index in [4.69, 9.17) is 10.3 Å². The molecule has 3 N–H and O–H groups in total. The summed E-state index contributed by atoms with van der Waals surface area (Å²) >= 11 is 0. The Balaban J connectivity index is 2.01. The Morgan fingerprint density at radius 2 is 2.16 bits per heavy atom. The van der Waals surface area contributed by atoms with Crippen LogP contribution in [0.1, 0.15) is 29.2 Å². The van der Waals surface area contributed by atoms with Crippen LogP contribution < -0.4 is 11.3 Å². The first kappa shape index (κ1) is 13.9. The lowest BCUT2D eigenvalue weighted by Gasteiger charge is -2.22. The van der Waals surface area contributed by atoms with Gasteiger partial charge in [-0.1, -0.05) is 0 Å². The molecule has 0 bridgehead atoms. The van der Waals surface area contributed by atoms with Gasteiger partial charge in [0.2, 0.25) is 0 Å². The molecule has 1 saturated carbocycles. The van der Waals surface area contributed by atoms with Gasteiger partial charge in [0.1, 0.15) is 5.76 Å². The number of nitrogens with two attached hydrogens (primary N) is 1. The first-order valence-electron chi connectivity index (χ1n) is 5.79. The molecular weight excluding hydrogens is 263 g/mol. The minimum absolute atomic E-state index is 0.0137. The van der Waals surface area contributed by atoms with Gasteiger partial charge in [-0.05, 0) is 25.0 Å². The van der Waals surface area contributed by atoms with Crippen LogP contribution in [0.3, 0.4) is 0 Å². The second kappa shape index (κ2) is 5.22. The van der Waals surface area contributed by atoms with Crippen LogP contribution in [0.25, 0.3) is 0 Å². The van der Waals surface area contributed by atoms with E-state index in [-0.39, 0.29) is 18.3 Å². The zero-order valence-electron chi connectivity index (χ0n) is 10.0. The molecule has 5 nitrogen and oxygen atoms in total. The predicted molar refractivity (Wildman–Crippen MR) is 59.8 cm³/mol. The summed E-state index contributed by atoms with van der Waals surface area (Å²) in [6.45, 7) is -0.946. The van der Waals surface area contributed by atoms with Gasteiger partial charge in [-0.25, -0.2) is 5.84 Å². The molecule has 8 heteroatoms. The molecule has 2 rings (SSSR count). The molecule has 1 heterocycles. The van der Waals surface area contributed by atoms with E-state index in [0.717, 1.165) is 12.8 Å². The molecule has 1 aliphatic carbocycles. The largest absolute Gasteiger partial charge is 0.455 e. The summed E-state index contributed by atoms with van der Waals surface area (Å²) in [5, 5.41) is 0. The van der Waals surface area contributed by atoms with E-state index >= 15 is 0 Å². The van der Waals surface area contributed by atoms with Gasteiger partial charge < -0.3 is 4.42 Å². The van der Waals surface area contributed by atoms with Crippen LogP contribution in [0.5, 0.6) is 0 Å². The van der Waals surface area contributed by atoms with Crippen molar-refractivity contribution in [1.82, 2.24) is 10.3 Å². The lowest BCUT2D eigenvalue weighted by Crippen LogP contribution is -2.35. The van der Waals surface area contributed by atoms with Crippen molar-refractivity contribution in [3.63, 3.8) is 0 Å². The highest BCUT2D eigenvalue weighted by Crippen LogP contribution is 2.31. The van der Waals surface area contributed by atoms with Crippen molar-refractivity contribution in [2.24, 2.45) is 5.84 Å². The van der Waals surface area contributed by atoms with Crippen LogP contribution in [-0.2, 0) is 6.54 Å².